The number of nitrogens with two attached hydrogens (primary N) is 1. The largest absolute Gasteiger partial charge is 0.341 e. The van der Waals surface area contributed by atoms with Crippen LogP contribution in [-0.4, -0.2) is 42.5 Å². The van der Waals surface area contributed by atoms with Gasteiger partial charge in [-0.05, 0) is 43.7 Å². The lowest BCUT2D eigenvalue weighted by atomic mass is 10.0. The van der Waals surface area contributed by atoms with Crippen LogP contribution >= 0.6 is 12.4 Å². The number of nitrogens with one attached hydrogen (secondary N) is 2. The molecule has 0 bridgehead atoms. The van der Waals surface area contributed by atoms with Crippen LogP contribution < -0.4 is 16.4 Å². The number of urea groups is 1. The molecular weight excluding hydrogens is 364 g/mol. The summed E-state index contributed by atoms with van der Waals surface area (Å²) in [5.41, 5.74) is 7.93. The molecule has 0 aliphatic carbocycles. The van der Waals surface area contributed by atoms with Gasteiger partial charge < -0.3 is 21.3 Å². The minimum atomic E-state index is -0.496. The number of aryl methyl sites for hydroxylation is 1. The lowest BCUT2D eigenvalue weighted by molar-refractivity contribution is -0.132. The van der Waals surface area contributed by atoms with E-state index in [2.05, 4.69) is 24.5 Å². The van der Waals surface area contributed by atoms with Crippen LogP contribution in [0.2, 0.25) is 0 Å². The number of nitrogens with zero attached hydrogens (tertiary/aromatic N) is 1. The summed E-state index contributed by atoms with van der Waals surface area (Å²) in [6.07, 6.45) is 1.57. The first-order valence-electron chi connectivity index (χ1n) is 9.47. The maximum Gasteiger partial charge on any atom is 0.315 e. The van der Waals surface area contributed by atoms with E-state index in [9.17, 15) is 9.59 Å². The van der Waals surface area contributed by atoms with Crippen LogP contribution in [0.3, 0.4) is 0 Å². The van der Waals surface area contributed by atoms with Crippen LogP contribution in [0, 0.1) is 18.8 Å². The zero-order valence-corrected chi connectivity index (χ0v) is 17.3. The Hall–Kier alpha value is -1.79. The summed E-state index contributed by atoms with van der Waals surface area (Å²) in [4.78, 5) is 27.0. The molecule has 1 fully saturated rings. The van der Waals surface area contributed by atoms with Crippen molar-refractivity contribution >= 4 is 24.3 Å². The molecule has 1 aromatic rings. The zero-order chi connectivity index (χ0) is 19.1. The maximum atomic E-state index is 12.8. The molecule has 1 saturated heterocycles. The Kier molecular flexibility index (Phi) is 9.60. The molecule has 1 aliphatic rings. The number of carbonyl (C=O) groups is 2. The number of rotatable bonds is 7. The minimum Gasteiger partial charge on any atom is -0.341 e. The van der Waals surface area contributed by atoms with Gasteiger partial charge in [0.05, 0.1) is 0 Å². The number of benzene rings is 1. The topological polar surface area (TPSA) is 87.5 Å². The molecule has 1 aromatic carbocycles. The molecule has 7 heteroatoms. The van der Waals surface area contributed by atoms with E-state index in [1.807, 2.05) is 36.1 Å². The highest BCUT2D eigenvalue weighted by Crippen LogP contribution is 2.17. The lowest BCUT2D eigenvalue weighted by Crippen LogP contribution is -2.51. The highest BCUT2D eigenvalue weighted by molar-refractivity contribution is 5.87. The van der Waals surface area contributed by atoms with Crippen LogP contribution in [-0.2, 0) is 11.3 Å². The van der Waals surface area contributed by atoms with Crippen molar-refractivity contribution in [3.05, 3.63) is 35.4 Å². The summed E-state index contributed by atoms with van der Waals surface area (Å²) in [6.45, 7) is 8.59. The Morgan fingerprint density at radius 1 is 1.26 bits per heavy atom. The second-order valence-corrected chi connectivity index (χ2v) is 7.67. The first kappa shape index (κ1) is 23.2. The third-order valence-corrected chi connectivity index (χ3v) is 4.82. The van der Waals surface area contributed by atoms with Crippen molar-refractivity contribution < 1.29 is 9.59 Å². The molecule has 3 amide bonds. The number of carbonyl (C=O) groups excluding carboxylic acids is 2. The summed E-state index contributed by atoms with van der Waals surface area (Å²) in [5, 5.41) is 5.71. The van der Waals surface area contributed by atoms with E-state index in [4.69, 9.17) is 5.73 Å². The predicted molar refractivity (Wildman–Crippen MR) is 111 cm³/mol. The third-order valence-electron chi connectivity index (χ3n) is 4.82. The van der Waals surface area contributed by atoms with Gasteiger partial charge in [0, 0.05) is 19.6 Å². The summed E-state index contributed by atoms with van der Waals surface area (Å²) in [6, 6.07) is 7.21. The van der Waals surface area contributed by atoms with E-state index in [-0.39, 0.29) is 24.3 Å². The van der Waals surface area contributed by atoms with Crippen LogP contribution in [0.1, 0.15) is 37.8 Å². The van der Waals surface area contributed by atoms with E-state index in [0.29, 0.717) is 37.9 Å². The fourth-order valence-corrected chi connectivity index (χ4v) is 3.24. The van der Waals surface area contributed by atoms with Gasteiger partial charge in [0.1, 0.15) is 6.04 Å². The van der Waals surface area contributed by atoms with Crippen LogP contribution in [0.5, 0.6) is 0 Å². The van der Waals surface area contributed by atoms with Crippen molar-refractivity contribution in [2.75, 3.05) is 19.6 Å². The van der Waals surface area contributed by atoms with Crippen molar-refractivity contribution in [1.82, 2.24) is 15.5 Å². The highest BCUT2D eigenvalue weighted by Gasteiger charge is 2.31. The first-order valence-corrected chi connectivity index (χ1v) is 9.47. The summed E-state index contributed by atoms with van der Waals surface area (Å²) < 4.78 is 0. The molecule has 4 N–H and O–H groups in total. The average Bonchev–Trinajstić information content (AvgIpc) is 3.09. The Balaban J connectivity index is 0.00000364. The molecule has 2 rings (SSSR count). The van der Waals surface area contributed by atoms with Gasteiger partial charge in [0.2, 0.25) is 5.91 Å². The minimum absolute atomic E-state index is 0. The SMILES string of the molecule is Cc1ccc(CNC(=O)NC(CC(C)C)C(=O)N2CCC(CN)C2)cc1.Cl. The van der Waals surface area contributed by atoms with Crippen molar-refractivity contribution in [1.29, 1.82) is 0 Å². The molecule has 0 aromatic heterocycles. The van der Waals surface area contributed by atoms with Crippen molar-refractivity contribution in [3.8, 4) is 0 Å². The quantitative estimate of drug-likeness (QED) is 0.661. The molecule has 6 nitrogen and oxygen atoms in total. The Bertz CT molecular complexity index is 607. The van der Waals surface area contributed by atoms with E-state index in [1.54, 1.807) is 0 Å². The smallest absolute Gasteiger partial charge is 0.315 e. The number of likely N-dealkylation sites (tertiary alicyclic amines) is 1. The Morgan fingerprint density at radius 2 is 1.93 bits per heavy atom. The fourth-order valence-electron chi connectivity index (χ4n) is 3.24. The molecule has 0 spiro atoms. The predicted octanol–water partition coefficient (Wildman–Crippen LogP) is 2.44. The van der Waals surface area contributed by atoms with Gasteiger partial charge in [-0.25, -0.2) is 4.79 Å². The molecule has 152 valence electrons. The highest BCUT2D eigenvalue weighted by atomic mass is 35.5. The van der Waals surface area contributed by atoms with Crippen LogP contribution in [0.25, 0.3) is 0 Å². The standard InChI is InChI=1S/C20H32N4O2.ClH/c1-14(2)10-18(19(25)24-9-8-17(11-21)13-24)23-20(26)22-12-16-6-4-15(3)5-7-16;/h4-7,14,17-18H,8-13,21H2,1-3H3,(H2,22,23,26);1H. The van der Waals surface area contributed by atoms with Crippen LogP contribution in [0.4, 0.5) is 4.79 Å². The van der Waals surface area contributed by atoms with Gasteiger partial charge >= 0.3 is 6.03 Å². The number of hydrogen-bond acceptors (Lipinski definition) is 3. The maximum absolute atomic E-state index is 12.8. The Labute approximate surface area is 168 Å². The third kappa shape index (κ3) is 7.39. The molecule has 1 heterocycles. The lowest BCUT2D eigenvalue weighted by Gasteiger charge is -2.25. The molecule has 0 radical (unpaired) electrons. The normalized spacial score (nSPS) is 17.4. The molecule has 2 unspecified atom stereocenters. The molecule has 27 heavy (non-hydrogen) atoms. The number of amides is 3. The van der Waals surface area contributed by atoms with Crippen molar-refractivity contribution in [3.63, 3.8) is 0 Å². The van der Waals surface area contributed by atoms with Gasteiger partial charge in [-0.2, -0.15) is 0 Å². The molecule has 2 atom stereocenters. The number of hydrogen-bond donors (Lipinski definition) is 3. The summed E-state index contributed by atoms with van der Waals surface area (Å²) >= 11 is 0. The molecule has 0 saturated carbocycles. The van der Waals surface area contributed by atoms with Gasteiger partial charge in [0.25, 0.3) is 0 Å². The monoisotopic (exact) mass is 396 g/mol. The van der Waals surface area contributed by atoms with Crippen molar-refractivity contribution in [2.45, 2.75) is 46.2 Å². The van der Waals surface area contributed by atoms with Gasteiger partial charge in [-0.1, -0.05) is 43.7 Å². The summed E-state index contributed by atoms with van der Waals surface area (Å²) in [7, 11) is 0. The second kappa shape index (κ2) is 11.1. The van der Waals surface area contributed by atoms with E-state index in [0.717, 1.165) is 18.5 Å². The second-order valence-electron chi connectivity index (χ2n) is 7.67. The molecule has 1 aliphatic heterocycles. The first-order chi connectivity index (χ1) is 12.4. The van der Waals surface area contributed by atoms with Crippen molar-refractivity contribution in [2.24, 2.45) is 17.6 Å². The van der Waals surface area contributed by atoms with Gasteiger partial charge in [-0.15, -0.1) is 12.4 Å². The summed E-state index contributed by atoms with van der Waals surface area (Å²) in [5.74, 6) is 0.684. The zero-order valence-electron chi connectivity index (χ0n) is 16.5. The fraction of sp³-hybridized carbons (Fsp3) is 0.600. The van der Waals surface area contributed by atoms with E-state index in [1.165, 1.54) is 5.56 Å². The van der Waals surface area contributed by atoms with E-state index >= 15 is 0 Å². The van der Waals surface area contributed by atoms with Gasteiger partial charge in [-0.3, -0.25) is 4.79 Å². The Morgan fingerprint density at radius 3 is 2.48 bits per heavy atom. The number of halogens is 1. The van der Waals surface area contributed by atoms with Crippen LogP contribution in [0.15, 0.2) is 24.3 Å². The average molecular weight is 397 g/mol. The van der Waals surface area contributed by atoms with E-state index < -0.39 is 6.04 Å². The van der Waals surface area contributed by atoms with Gasteiger partial charge in [0.15, 0.2) is 0 Å². The molecular formula is C20H33ClN4O2.